The number of aliphatic hydroxyl groups excluding tert-OH is 1. The highest BCUT2D eigenvalue weighted by Gasteiger charge is 1.98. The number of aliphatic hydroxyl groups is 1. The molecule has 1 N–H and O–H groups in total. The van der Waals surface area contributed by atoms with Crippen LogP contribution in [0.1, 0.15) is 6.92 Å². The van der Waals surface area contributed by atoms with Crippen molar-refractivity contribution < 1.29 is 9.84 Å². The van der Waals surface area contributed by atoms with Crippen molar-refractivity contribution in [1.82, 2.24) is 8.75 Å². The van der Waals surface area contributed by atoms with E-state index in [1.54, 1.807) is 6.92 Å². The molecule has 4 nitrogen and oxygen atoms in total. The molecule has 0 saturated carbocycles. The van der Waals surface area contributed by atoms with E-state index in [4.69, 9.17) is 9.84 Å². The molecule has 0 radical (unpaired) electrons. The summed E-state index contributed by atoms with van der Waals surface area (Å²) in [6.45, 7) is 1.92. The summed E-state index contributed by atoms with van der Waals surface area (Å²) in [7, 11) is 0. The van der Waals surface area contributed by atoms with Crippen molar-refractivity contribution in [3.8, 4) is 5.88 Å². The first-order valence-electron chi connectivity index (χ1n) is 2.87. The summed E-state index contributed by atoms with van der Waals surface area (Å²) in [5.74, 6) is 0.478. The molecule has 0 spiro atoms. The second-order valence-corrected chi connectivity index (χ2v) is 2.46. The Kier molecular flexibility index (Phi) is 2.58. The van der Waals surface area contributed by atoms with Crippen molar-refractivity contribution in [2.45, 2.75) is 13.0 Å². The van der Waals surface area contributed by atoms with Crippen molar-refractivity contribution in [3.63, 3.8) is 0 Å². The van der Waals surface area contributed by atoms with Gasteiger partial charge in [0.2, 0.25) is 5.88 Å². The molecule has 0 aliphatic carbocycles. The van der Waals surface area contributed by atoms with Crippen LogP contribution >= 0.6 is 11.7 Å². The van der Waals surface area contributed by atoms with Gasteiger partial charge in [0.05, 0.1) is 17.8 Å². The maximum atomic E-state index is 8.78. The van der Waals surface area contributed by atoms with Gasteiger partial charge >= 0.3 is 0 Å². The van der Waals surface area contributed by atoms with E-state index >= 15 is 0 Å². The fourth-order valence-corrected chi connectivity index (χ4v) is 0.790. The lowest BCUT2D eigenvalue weighted by Crippen LogP contribution is -2.12. The van der Waals surface area contributed by atoms with Gasteiger partial charge in [0.15, 0.2) is 0 Å². The summed E-state index contributed by atoms with van der Waals surface area (Å²) >= 11 is 1.08. The Morgan fingerprint density at radius 3 is 3.20 bits per heavy atom. The summed E-state index contributed by atoms with van der Waals surface area (Å²) in [5, 5.41) is 8.78. The predicted molar refractivity (Wildman–Crippen MR) is 37.1 cm³/mol. The van der Waals surface area contributed by atoms with Crippen LogP contribution in [0.15, 0.2) is 6.20 Å². The highest BCUT2D eigenvalue weighted by atomic mass is 32.1. The van der Waals surface area contributed by atoms with E-state index < -0.39 is 6.10 Å². The standard InChI is InChI=1S/C5H8N2O2S/c1-4(8)3-9-5-2-6-10-7-5/h2,4,8H,3H2,1H3. The van der Waals surface area contributed by atoms with Crippen LogP contribution in [0.4, 0.5) is 0 Å². The Labute approximate surface area is 62.8 Å². The topological polar surface area (TPSA) is 55.2 Å². The normalized spacial score (nSPS) is 13.0. The molecule has 56 valence electrons. The first-order chi connectivity index (χ1) is 4.79. The largest absolute Gasteiger partial charge is 0.473 e. The minimum absolute atomic E-state index is 0.269. The highest BCUT2D eigenvalue weighted by Crippen LogP contribution is 2.04. The third-order valence-corrected chi connectivity index (χ3v) is 1.27. The van der Waals surface area contributed by atoms with Crippen LogP contribution in [-0.2, 0) is 0 Å². The summed E-state index contributed by atoms with van der Waals surface area (Å²) in [6, 6.07) is 0. The molecule has 0 fully saturated rings. The van der Waals surface area contributed by atoms with Gasteiger partial charge in [-0.15, -0.1) is 4.37 Å². The minimum Gasteiger partial charge on any atom is -0.473 e. The van der Waals surface area contributed by atoms with Crippen molar-refractivity contribution in [2.75, 3.05) is 6.61 Å². The van der Waals surface area contributed by atoms with Gasteiger partial charge in [-0.25, -0.2) is 0 Å². The number of ether oxygens (including phenoxy) is 1. The van der Waals surface area contributed by atoms with Crippen LogP contribution in [0.25, 0.3) is 0 Å². The Balaban J connectivity index is 2.28. The van der Waals surface area contributed by atoms with Crippen LogP contribution in [0, 0.1) is 0 Å². The van der Waals surface area contributed by atoms with Crippen LogP contribution < -0.4 is 4.74 Å². The van der Waals surface area contributed by atoms with Crippen LogP contribution in [0.5, 0.6) is 5.88 Å². The van der Waals surface area contributed by atoms with Crippen molar-refractivity contribution in [2.24, 2.45) is 0 Å². The molecule has 0 saturated heterocycles. The van der Waals surface area contributed by atoms with E-state index in [1.165, 1.54) is 6.20 Å². The first-order valence-corrected chi connectivity index (χ1v) is 3.60. The van der Waals surface area contributed by atoms with Crippen LogP contribution in [0.3, 0.4) is 0 Å². The summed E-state index contributed by atoms with van der Waals surface area (Å²) in [5.41, 5.74) is 0. The average molecular weight is 160 g/mol. The highest BCUT2D eigenvalue weighted by molar-refractivity contribution is 6.99. The molecule has 1 rings (SSSR count). The Morgan fingerprint density at radius 2 is 2.70 bits per heavy atom. The lowest BCUT2D eigenvalue weighted by Gasteiger charge is -2.02. The number of rotatable bonds is 3. The number of aromatic nitrogens is 2. The molecule has 0 bridgehead atoms. The monoisotopic (exact) mass is 160 g/mol. The fourth-order valence-electron chi connectivity index (χ4n) is 0.426. The fraction of sp³-hybridized carbons (Fsp3) is 0.600. The Morgan fingerprint density at radius 1 is 1.90 bits per heavy atom. The van der Waals surface area contributed by atoms with E-state index in [0.717, 1.165) is 11.7 Å². The molecule has 0 aliphatic heterocycles. The number of nitrogens with zero attached hydrogens (tertiary/aromatic N) is 2. The van der Waals surface area contributed by atoms with Crippen molar-refractivity contribution >= 4 is 11.7 Å². The molecular weight excluding hydrogens is 152 g/mol. The molecule has 0 aromatic carbocycles. The van der Waals surface area contributed by atoms with E-state index in [-0.39, 0.29) is 6.61 Å². The minimum atomic E-state index is -0.457. The zero-order valence-electron chi connectivity index (χ0n) is 5.52. The van der Waals surface area contributed by atoms with E-state index in [2.05, 4.69) is 8.75 Å². The van der Waals surface area contributed by atoms with E-state index in [9.17, 15) is 0 Å². The Bertz CT molecular complexity index is 176. The quantitative estimate of drug-likeness (QED) is 0.690. The van der Waals surface area contributed by atoms with Gasteiger partial charge in [0.25, 0.3) is 0 Å². The predicted octanol–water partition coefficient (Wildman–Crippen LogP) is 0.298. The van der Waals surface area contributed by atoms with E-state index in [1.807, 2.05) is 0 Å². The Hall–Kier alpha value is -0.680. The molecule has 1 heterocycles. The third-order valence-electron chi connectivity index (χ3n) is 0.814. The SMILES string of the molecule is CC(O)COc1cnsn1. The second kappa shape index (κ2) is 3.48. The average Bonchev–Trinajstić information content (AvgIpc) is 2.34. The van der Waals surface area contributed by atoms with Gasteiger partial charge in [0.1, 0.15) is 12.8 Å². The molecule has 0 amide bonds. The zero-order chi connectivity index (χ0) is 7.40. The zero-order valence-corrected chi connectivity index (χ0v) is 6.34. The molecule has 0 aliphatic rings. The number of hydrogen-bond acceptors (Lipinski definition) is 5. The maximum Gasteiger partial charge on any atom is 0.245 e. The summed E-state index contributed by atoms with van der Waals surface area (Å²) in [6.07, 6.45) is 1.06. The van der Waals surface area contributed by atoms with Gasteiger partial charge in [-0.05, 0) is 6.92 Å². The lowest BCUT2D eigenvalue weighted by molar-refractivity contribution is 0.120. The first kappa shape index (κ1) is 7.43. The smallest absolute Gasteiger partial charge is 0.245 e. The molecule has 1 aromatic heterocycles. The molecule has 1 atom stereocenters. The summed E-state index contributed by atoms with van der Waals surface area (Å²) < 4.78 is 12.5. The molecule has 1 aromatic rings. The van der Waals surface area contributed by atoms with Crippen LogP contribution in [0.2, 0.25) is 0 Å². The van der Waals surface area contributed by atoms with Crippen molar-refractivity contribution in [1.29, 1.82) is 0 Å². The maximum absolute atomic E-state index is 8.78. The van der Waals surface area contributed by atoms with Crippen molar-refractivity contribution in [3.05, 3.63) is 6.20 Å². The van der Waals surface area contributed by atoms with E-state index in [0.29, 0.717) is 5.88 Å². The second-order valence-electron chi connectivity index (χ2n) is 1.91. The lowest BCUT2D eigenvalue weighted by atomic mass is 10.4. The molecule has 5 heteroatoms. The van der Waals surface area contributed by atoms with Crippen LogP contribution in [-0.4, -0.2) is 26.6 Å². The van der Waals surface area contributed by atoms with Gasteiger partial charge < -0.3 is 9.84 Å². The van der Waals surface area contributed by atoms with Gasteiger partial charge in [-0.1, -0.05) is 0 Å². The molecule has 1 unspecified atom stereocenters. The van der Waals surface area contributed by atoms with Gasteiger partial charge in [-0.2, -0.15) is 4.37 Å². The molecular formula is C5H8N2O2S. The third kappa shape index (κ3) is 2.28. The van der Waals surface area contributed by atoms with Gasteiger partial charge in [-0.3, -0.25) is 0 Å². The van der Waals surface area contributed by atoms with Gasteiger partial charge in [0, 0.05) is 0 Å². The summed E-state index contributed by atoms with van der Waals surface area (Å²) in [4.78, 5) is 0. The number of hydrogen-bond donors (Lipinski definition) is 1. The molecule has 10 heavy (non-hydrogen) atoms.